The summed E-state index contributed by atoms with van der Waals surface area (Å²) in [4.78, 5) is 3.92. The molecule has 96 valence electrons. The second-order valence-corrected chi connectivity index (χ2v) is 4.01. The molecule has 1 atom stereocenters. The maximum Gasteiger partial charge on any atom is 0.125 e. The molecule has 0 saturated heterocycles. The summed E-state index contributed by atoms with van der Waals surface area (Å²) in [5.74, 6) is 0.124. The van der Waals surface area contributed by atoms with Crippen molar-refractivity contribution in [2.45, 2.75) is 19.6 Å². The van der Waals surface area contributed by atoms with Crippen LogP contribution in [0, 0.1) is 5.82 Å². The molecular weight excluding hydrogens is 235 g/mol. The second kappa shape index (κ2) is 5.64. The van der Waals surface area contributed by atoms with Gasteiger partial charge in [0, 0.05) is 18.0 Å². The van der Waals surface area contributed by atoms with Crippen molar-refractivity contribution in [1.29, 1.82) is 0 Å². The number of hydrogen-bond acceptors (Lipinski definition) is 3. The molecule has 0 saturated carbocycles. The highest BCUT2D eigenvalue weighted by Crippen LogP contribution is 2.25. The highest BCUT2D eigenvalue weighted by molar-refractivity contribution is 5.35. The summed E-state index contributed by atoms with van der Waals surface area (Å²) in [6.07, 6.45) is 4.47. The largest absolute Gasteiger partial charge is 0.491 e. The standard InChI is InChI=1S/C13H15FN2O2/c1-10(17)12-8-11(14)2-3-13(12)18-7-6-16-5-4-15-9-16/h2-5,8-10,17H,6-7H2,1H3/t10-/m0/s1. The summed E-state index contributed by atoms with van der Waals surface area (Å²) >= 11 is 0. The predicted octanol–water partition coefficient (Wildman–Crippen LogP) is 2.15. The number of aromatic nitrogens is 2. The number of hydrogen-bond donors (Lipinski definition) is 1. The second-order valence-electron chi connectivity index (χ2n) is 4.01. The number of ether oxygens (including phenoxy) is 1. The van der Waals surface area contributed by atoms with Gasteiger partial charge in [-0.2, -0.15) is 0 Å². The lowest BCUT2D eigenvalue weighted by Gasteiger charge is -2.13. The lowest BCUT2D eigenvalue weighted by Crippen LogP contribution is -2.08. The Hall–Kier alpha value is -1.88. The molecule has 0 aliphatic rings. The van der Waals surface area contributed by atoms with Crippen LogP contribution in [0.1, 0.15) is 18.6 Å². The van der Waals surface area contributed by atoms with Gasteiger partial charge in [0.05, 0.1) is 19.0 Å². The van der Waals surface area contributed by atoms with E-state index in [1.807, 2.05) is 10.8 Å². The fourth-order valence-electron chi connectivity index (χ4n) is 1.66. The van der Waals surface area contributed by atoms with Crippen molar-refractivity contribution >= 4 is 0 Å². The minimum atomic E-state index is -0.760. The molecule has 5 heteroatoms. The number of benzene rings is 1. The van der Waals surface area contributed by atoms with Gasteiger partial charge in [-0.1, -0.05) is 0 Å². The van der Waals surface area contributed by atoms with Gasteiger partial charge in [0.15, 0.2) is 0 Å². The van der Waals surface area contributed by atoms with E-state index < -0.39 is 6.10 Å². The average molecular weight is 250 g/mol. The van der Waals surface area contributed by atoms with E-state index in [1.54, 1.807) is 19.4 Å². The van der Waals surface area contributed by atoms with Gasteiger partial charge in [-0.3, -0.25) is 0 Å². The highest BCUT2D eigenvalue weighted by atomic mass is 19.1. The van der Waals surface area contributed by atoms with E-state index in [9.17, 15) is 9.50 Å². The lowest BCUT2D eigenvalue weighted by molar-refractivity contribution is 0.189. The summed E-state index contributed by atoms with van der Waals surface area (Å²) in [6.45, 7) is 2.66. The Morgan fingerprint density at radius 1 is 1.50 bits per heavy atom. The van der Waals surface area contributed by atoms with Crippen molar-refractivity contribution in [2.75, 3.05) is 6.61 Å². The smallest absolute Gasteiger partial charge is 0.125 e. The van der Waals surface area contributed by atoms with Crippen LogP contribution in [0.5, 0.6) is 5.75 Å². The molecule has 1 aromatic carbocycles. The van der Waals surface area contributed by atoms with Gasteiger partial charge in [0.1, 0.15) is 18.2 Å². The number of halogens is 1. The third-order valence-electron chi connectivity index (χ3n) is 2.59. The van der Waals surface area contributed by atoms with Gasteiger partial charge < -0.3 is 14.4 Å². The molecule has 1 heterocycles. The maximum atomic E-state index is 13.1. The Kier molecular flexibility index (Phi) is 3.94. The normalized spacial score (nSPS) is 12.4. The van der Waals surface area contributed by atoms with Gasteiger partial charge >= 0.3 is 0 Å². The number of rotatable bonds is 5. The van der Waals surface area contributed by atoms with Crippen molar-refractivity contribution in [2.24, 2.45) is 0 Å². The summed E-state index contributed by atoms with van der Waals surface area (Å²) in [7, 11) is 0. The Bertz CT molecular complexity index is 498. The lowest BCUT2D eigenvalue weighted by atomic mass is 10.1. The molecule has 0 unspecified atom stereocenters. The molecule has 2 rings (SSSR count). The van der Waals surface area contributed by atoms with Crippen LogP contribution < -0.4 is 4.74 Å². The summed E-state index contributed by atoms with van der Waals surface area (Å²) in [5, 5.41) is 9.55. The topological polar surface area (TPSA) is 47.3 Å². The van der Waals surface area contributed by atoms with Crippen molar-refractivity contribution in [3.63, 3.8) is 0 Å². The molecule has 1 N–H and O–H groups in total. The van der Waals surface area contributed by atoms with Crippen LogP contribution in [0.15, 0.2) is 36.9 Å². The van der Waals surface area contributed by atoms with Gasteiger partial charge in [-0.15, -0.1) is 0 Å². The van der Waals surface area contributed by atoms with Gasteiger partial charge in [0.2, 0.25) is 0 Å². The van der Waals surface area contributed by atoms with Crippen LogP contribution in [-0.4, -0.2) is 21.3 Å². The van der Waals surface area contributed by atoms with Crippen LogP contribution in [-0.2, 0) is 6.54 Å². The van der Waals surface area contributed by atoms with E-state index in [-0.39, 0.29) is 5.82 Å². The Morgan fingerprint density at radius 3 is 3.00 bits per heavy atom. The molecule has 2 aromatic rings. The van der Waals surface area contributed by atoms with E-state index in [0.29, 0.717) is 24.5 Å². The van der Waals surface area contributed by atoms with Crippen molar-refractivity contribution in [3.8, 4) is 5.75 Å². The number of imidazole rings is 1. The molecule has 0 fully saturated rings. The summed E-state index contributed by atoms with van der Waals surface area (Å²) < 4.78 is 20.5. The van der Waals surface area contributed by atoms with Crippen molar-refractivity contribution < 1.29 is 14.2 Å². The Morgan fingerprint density at radius 2 is 2.33 bits per heavy atom. The zero-order valence-electron chi connectivity index (χ0n) is 10.1. The quantitative estimate of drug-likeness (QED) is 0.884. The van der Waals surface area contributed by atoms with Crippen LogP contribution >= 0.6 is 0 Å². The van der Waals surface area contributed by atoms with Crippen molar-refractivity contribution in [3.05, 3.63) is 48.3 Å². The monoisotopic (exact) mass is 250 g/mol. The molecule has 0 aliphatic heterocycles. The molecule has 4 nitrogen and oxygen atoms in total. The van der Waals surface area contributed by atoms with E-state index in [0.717, 1.165) is 0 Å². The molecule has 0 aliphatic carbocycles. The number of nitrogens with zero attached hydrogens (tertiary/aromatic N) is 2. The Balaban J connectivity index is 2.00. The number of aliphatic hydroxyl groups is 1. The molecule has 0 radical (unpaired) electrons. The van der Waals surface area contributed by atoms with E-state index in [1.165, 1.54) is 18.2 Å². The predicted molar refractivity (Wildman–Crippen MR) is 64.8 cm³/mol. The Labute approximate surface area is 105 Å². The van der Waals surface area contributed by atoms with E-state index in [2.05, 4.69) is 4.98 Å². The van der Waals surface area contributed by atoms with Gasteiger partial charge in [-0.25, -0.2) is 9.37 Å². The summed E-state index contributed by atoms with van der Waals surface area (Å²) in [5.41, 5.74) is 0.459. The zero-order valence-corrected chi connectivity index (χ0v) is 10.1. The van der Waals surface area contributed by atoms with Crippen LogP contribution in [0.3, 0.4) is 0 Å². The third kappa shape index (κ3) is 3.07. The minimum absolute atomic E-state index is 0.382. The highest BCUT2D eigenvalue weighted by Gasteiger charge is 2.10. The molecule has 18 heavy (non-hydrogen) atoms. The molecule has 0 amide bonds. The molecule has 1 aromatic heterocycles. The first-order valence-electron chi connectivity index (χ1n) is 5.73. The molecule has 0 spiro atoms. The van der Waals surface area contributed by atoms with Crippen LogP contribution in [0.2, 0.25) is 0 Å². The first-order chi connectivity index (χ1) is 8.66. The maximum absolute atomic E-state index is 13.1. The first-order valence-corrected chi connectivity index (χ1v) is 5.73. The van der Waals surface area contributed by atoms with E-state index in [4.69, 9.17) is 4.74 Å². The third-order valence-corrected chi connectivity index (χ3v) is 2.59. The number of aliphatic hydroxyl groups excluding tert-OH is 1. The fourth-order valence-corrected chi connectivity index (χ4v) is 1.66. The van der Waals surface area contributed by atoms with Crippen molar-refractivity contribution in [1.82, 2.24) is 9.55 Å². The van der Waals surface area contributed by atoms with Gasteiger partial charge in [0.25, 0.3) is 0 Å². The van der Waals surface area contributed by atoms with E-state index >= 15 is 0 Å². The molecular formula is C13H15FN2O2. The fraction of sp³-hybridized carbons (Fsp3) is 0.308. The zero-order chi connectivity index (χ0) is 13.0. The first kappa shape index (κ1) is 12.6. The summed E-state index contributed by atoms with van der Waals surface area (Å²) in [6, 6.07) is 4.14. The van der Waals surface area contributed by atoms with Crippen LogP contribution in [0.25, 0.3) is 0 Å². The van der Waals surface area contributed by atoms with Crippen LogP contribution in [0.4, 0.5) is 4.39 Å². The van der Waals surface area contributed by atoms with Gasteiger partial charge in [-0.05, 0) is 25.1 Å². The average Bonchev–Trinajstić information content (AvgIpc) is 2.84. The SMILES string of the molecule is C[C@H](O)c1cc(F)ccc1OCCn1ccnc1. The molecule has 0 bridgehead atoms. The minimum Gasteiger partial charge on any atom is -0.491 e.